The number of hydrogen-bond acceptors (Lipinski definition) is 8. The summed E-state index contributed by atoms with van der Waals surface area (Å²) in [6.07, 6.45) is -0.832. The first-order chi connectivity index (χ1) is 16.5. The lowest BCUT2D eigenvalue weighted by molar-refractivity contribution is -0.127. The monoisotopic (exact) mass is 526 g/mol. The van der Waals surface area contributed by atoms with Crippen molar-refractivity contribution in [3.05, 3.63) is 41.2 Å². The Hall–Kier alpha value is -2.51. The molecule has 0 radical (unpaired) electrons. The molecule has 3 aromatic rings. The summed E-state index contributed by atoms with van der Waals surface area (Å²) in [6, 6.07) is 7.39. The van der Waals surface area contributed by atoms with Crippen LogP contribution in [0.15, 0.2) is 30.6 Å². The van der Waals surface area contributed by atoms with E-state index in [1.165, 1.54) is 6.33 Å². The van der Waals surface area contributed by atoms with Crippen molar-refractivity contribution in [2.75, 3.05) is 42.1 Å². The third-order valence-corrected chi connectivity index (χ3v) is 8.06. The number of halogens is 3. The Bertz CT molecular complexity index is 1330. The van der Waals surface area contributed by atoms with E-state index in [0.717, 1.165) is 68.7 Å². The minimum absolute atomic E-state index is 0.00737. The number of benzene rings is 1. The first kappa shape index (κ1) is 24.2. The van der Waals surface area contributed by atoms with Crippen LogP contribution in [0.25, 0.3) is 10.3 Å². The summed E-state index contributed by atoms with van der Waals surface area (Å²) in [5.41, 5.74) is 2.19. The van der Waals surface area contributed by atoms with Gasteiger partial charge in [-0.05, 0) is 37.1 Å². The second-order valence-electron chi connectivity index (χ2n) is 9.45. The van der Waals surface area contributed by atoms with E-state index in [2.05, 4.69) is 29.5 Å². The molecule has 1 N–H and O–H groups in total. The lowest BCUT2D eigenvalue weighted by atomic mass is 9.86. The number of anilines is 2. The third-order valence-electron chi connectivity index (χ3n) is 6.49. The van der Waals surface area contributed by atoms with Gasteiger partial charge in [0.05, 0.1) is 12.7 Å². The van der Waals surface area contributed by atoms with Gasteiger partial charge in [0.2, 0.25) is 10.0 Å². The van der Waals surface area contributed by atoms with Crippen LogP contribution in [-0.2, 0) is 23.0 Å². The number of nitrogens with one attached hydrogen (secondary N) is 1. The molecule has 1 spiro atoms. The van der Waals surface area contributed by atoms with Crippen LogP contribution in [-0.4, -0.2) is 66.9 Å². The molecule has 2 aromatic heterocycles. The lowest BCUT2D eigenvalue weighted by Gasteiger charge is -2.25. The summed E-state index contributed by atoms with van der Waals surface area (Å²) in [5, 5.41) is 0.00737. The van der Waals surface area contributed by atoms with E-state index in [1.807, 2.05) is 12.1 Å². The second-order valence-corrected chi connectivity index (χ2v) is 12.3. The third kappa shape index (κ3) is 5.67. The van der Waals surface area contributed by atoms with Crippen LogP contribution in [0, 0.1) is 5.41 Å². The van der Waals surface area contributed by atoms with E-state index in [0.29, 0.717) is 21.9 Å². The van der Waals surface area contributed by atoms with Crippen molar-refractivity contribution in [3.63, 3.8) is 0 Å². The number of rotatable bonds is 6. The summed E-state index contributed by atoms with van der Waals surface area (Å²) in [5.74, 6) is 0.615. The number of sulfonamides is 1. The van der Waals surface area contributed by atoms with Crippen molar-refractivity contribution in [2.45, 2.75) is 32.0 Å². The highest BCUT2D eigenvalue weighted by molar-refractivity contribution is 7.92. The highest BCUT2D eigenvalue weighted by atomic mass is 32.2. The molecule has 4 heterocycles. The number of thiazole rings is 1. The maximum Gasteiger partial charge on any atom is 0.395 e. The average Bonchev–Trinajstić information content (AvgIpc) is 3.45. The Balaban J connectivity index is 1.25. The van der Waals surface area contributed by atoms with E-state index in [-0.39, 0.29) is 10.4 Å². The molecule has 13 heteroatoms. The molecule has 1 aromatic carbocycles. The fourth-order valence-electron chi connectivity index (χ4n) is 5.03. The summed E-state index contributed by atoms with van der Waals surface area (Å²) >= 11 is 0.971. The molecular weight excluding hydrogens is 501 g/mol. The van der Waals surface area contributed by atoms with E-state index in [9.17, 15) is 21.6 Å². The van der Waals surface area contributed by atoms with Crippen molar-refractivity contribution < 1.29 is 21.6 Å². The molecule has 2 aliphatic heterocycles. The molecule has 2 aliphatic rings. The van der Waals surface area contributed by atoms with Crippen molar-refractivity contribution in [3.8, 4) is 0 Å². The molecule has 1 unspecified atom stereocenters. The second kappa shape index (κ2) is 8.86. The fourth-order valence-corrected chi connectivity index (χ4v) is 6.52. The van der Waals surface area contributed by atoms with Crippen molar-refractivity contribution in [1.29, 1.82) is 0 Å². The van der Waals surface area contributed by atoms with Gasteiger partial charge in [0, 0.05) is 37.3 Å². The molecule has 0 amide bonds. The quantitative estimate of drug-likeness (QED) is 0.524. The van der Waals surface area contributed by atoms with Gasteiger partial charge in [-0.15, -0.1) is 0 Å². The smallest absolute Gasteiger partial charge is 0.354 e. The van der Waals surface area contributed by atoms with Gasteiger partial charge >= 0.3 is 6.18 Å². The SMILES string of the molecule is CS(=O)(=O)Nc1ccc(CN2CCC3(CCN(c4ncnc5sc(CC(F)(F)F)nc45)C3)C2)cc1. The molecule has 0 bridgehead atoms. The topological polar surface area (TPSA) is 91.3 Å². The predicted molar refractivity (Wildman–Crippen MR) is 129 cm³/mol. The number of likely N-dealkylation sites (tertiary alicyclic amines) is 1. The van der Waals surface area contributed by atoms with E-state index >= 15 is 0 Å². The molecule has 2 saturated heterocycles. The van der Waals surface area contributed by atoms with Gasteiger partial charge in [-0.1, -0.05) is 23.5 Å². The predicted octanol–water partition coefficient (Wildman–Crippen LogP) is 3.67. The van der Waals surface area contributed by atoms with Crippen LogP contribution in [0.4, 0.5) is 24.7 Å². The van der Waals surface area contributed by atoms with Gasteiger partial charge in [0.15, 0.2) is 5.82 Å². The summed E-state index contributed by atoms with van der Waals surface area (Å²) in [6.45, 7) is 4.18. The summed E-state index contributed by atoms with van der Waals surface area (Å²) in [4.78, 5) is 17.8. The van der Waals surface area contributed by atoms with Crippen LogP contribution in [0.2, 0.25) is 0 Å². The zero-order valence-corrected chi connectivity index (χ0v) is 20.7. The largest absolute Gasteiger partial charge is 0.395 e. The Kier molecular flexibility index (Phi) is 6.12. The highest BCUT2D eigenvalue weighted by Crippen LogP contribution is 2.42. The van der Waals surface area contributed by atoms with Crippen molar-refractivity contribution in [2.24, 2.45) is 5.41 Å². The maximum absolute atomic E-state index is 12.8. The summed E-state index contributed by atoms with van der Waals surface area (Å²) in [7, 11) is -3.30. The van der Waals surface area contributed by atoms with Crippen LogP contribution in [0.1, 0.15) is 23.4 Å². The Labute approximate surface area is 205 Å². The van der Waals surface area contributed by atoms with Crippen molar-refractivity contribution in [1.82, 2.24) is 19.9 Å². The Morgan fingerprint density at radius 2 is 1.86 bits per heavy atom. The lowest BCUT2D eigenvalue weighted by Crippen LogP contribution is -2.31. The molecule has 1 atom stereocenters. The molecule has 188 valence electrons. The minimum atomic E-state index is -4.31. The number of aromatic nitrogens is 3. The van der Waals surface area contributed by atoms with Gasteiger partial charge in [-0.3, -0.25) is 9.62 Å². The average molecular weight is 527 g/mol. The van der Waals surface area contributed by atoms with Gasteiger partial charge in [0.25, 0.3) is 0 Å². The molecule has 0 saturated carbocycles. The van der Waals surface area contributed by atoms with E-state index < -0.39 is 22.6 Å². The van der Waals surface area contributed by atoms with Crippen LogP contribution in [0.3, 0.4) is 0 Å². The zero-order valence-electron chi connectivity index (χ0n) is 19.0. The molecule has 2 fully saturated rings. The molecular formula is C22H25F3N6O2S2. The van der Waals surface area contributed by atoms with Gasteiger partial charge < -0.3 is 4.90 Å². The Morgan fingerprint density at radius 3 is 2.57 bits per heavy atom. The number of hydrogen-bond donors (Lipinski definition) is 1. The van der Waals surface area contributed by atoms with E-state index in [4.69, 9.17) is 0 Å². The van der Waals surface area contributed by atoms with Gasteiger partial charge in [-0.25, -0.2) is 23.4 Å². The number of fused-ring (bicyclic) bond motifs is 1. The first-order valence-corrected chi connectivity index (χ1v) is 13.9. The van der Waals surface area contributed by atoms with Crippen LogP contribution in [0.5, 0.6) is 0 Å². The van der Waals surface area contributed by atoms with Crippen LogP contribution >= 0.6 is 11.3 Å². The first-order valence-electron chi connectivity index (χ1n) is 11.2. The standard InChI is InChI=1S/C22H25F3N6O2S2/c1-35(32,33)29-16-4-2-15(3-5-16)11-30-8-6-21(12-30)7-9-31(13-21)19-18-20(27-14-26-19)34-17(28-18)10-22(23,24)25/h2-5,14,29H,6-13H2,1H3. The van der Waals surface area contributed by atoms with Crippen molar-refractivity contribution >= 4 is 43.2 Å². The van der Waals surface area contributed by atoms with Crippen LogP contribution < -0.4 is 9.62 Å². The fraction of sp³-hybridized carbons (Fsp3) is 0.500. The van der Waals surface area contributed by atoms with Gasteiger partial charge in [-0.2, -0.15) is 13.2 Å². The number of nitrogens with zero attached hydrogens (tertiary/aromatic N) is 5. The minimum Gasteiger partial charge on any atom is -0.354 e. The van der Waals surface area contributed by atoms with E-state index in [1.54, 1.807) is 12.1 Å². The summed E-state index contributed by atoms with van der Waals surface area (Å²) < 4.78 is 63.8. The highest BCUT2D eigenvalue weighted by Gasteiger charge is 2.44. The zero-order chi connectivity index (χ0) is 24.8. The normalized spacial score (nSPS) is 21.4. The molecule has 8 nitrogen and oxygen atoms in total. The Morgan fingerprint density at radius 1 is 1.11 bits per heavy atom. The molecule has 5 rings (SSSR count). The molecule has 0 aliphatic carbocycles. The number of alkyl halides is 3. The molecule has 35 heavy (non-hydrogen) atoms. The van der Waals surface area contributed by atoms with Gasteiger partial charge in [0.1, 0.15) is 21.7 Å². The maximum atomic E-state index is 12.8.